The number of aromatic amines is 1. The smallest absolute Gasteiger partial charge is 0.322 e. The fraction of sp³-hybridized carbons (Fsp3) is 0.391. The molecule has 0 saturated carbocycles. The minimum atomic E-state index is 0.0201. The highest BCUT2D eigenvalue weighted by Gasteiger charge is 2.21. The fourth-order valence-electron chi connectivity index (χ4n) is 3.76. The lowest BCUT2D eigenvalue weighted by Crippen LogP contribution is -2.49. The van der Waals surface area contributed by atoms with Gasteiger partial charge in [0.05, 0.1) is 29.8 Å². The predicted octanol–water partition coefficient (Wildman–Crippen LogP) is 3.21. The van der Waals surface area contributed by atoms with Crippen LogP contribution in [-0.2, 0) is 16.1 Å². The molecule has 1 aliphatic heterocycles. The summed E-state index contributed by atoms with van der Waals surface area (Å²) in [6.07, 6.45) is 4.02. The second-order valence-electron chi connectivity index (χ2n) is 7.82. The summed E-state index contributed by atoms with van der Waals surface area (Å²) in [5, 5.41) is 7.10. The number of benzene rings is 1. The third kappa shape index (κ3) is 6.33. The van der Waals surface area contributed by atoms with E-state index < -0.39 is 0 Å². The zero-order chi connectivity index (χ0) is 23.2. The van der Waals surface area contributed by atoms with Crippen molar-refractivity contribution in [3.63, 3.8) is 0 Å². The summed E-state index contributed by atoms with van der Waals surface area (Å²) in [7, 11) is 0. The van der Waals surface area contributed by atoms with Gasteiger partial charge in [0.15, 0.2) is 5.37 Å². The molecule has 0 bridgehead atoms. The molecular weight excluding hydrogens is 472 g/mol. The van der Waals surface area contributed by atoms with Crippen LogP contribution in [0.2, 0.25) is 0 Å². The Morgan fingerprint density at radius 1 is 1.15 bits per heavy atom. The highest BCUT2D eigenvalue weighted by Crippen LogP contribution is 2.33. The van der Waals surface area contributed by atoms with E-state index in [1.165, 1.54) is 0 Å². The van der Waals surface area contributed by atoms with E-state index in [-0.39, 0.29) is 5.91 Å². The quantitative estimate of drug-likeness (QED) is 0.279. The van der Waals surface area contributed by atoms with Crippen molar-refractivity contribution >= 4 is 62.9 Å². The fourth-order valence-corrected chi connectivity index (χ4v) is 5.83. The molecule has 7 nitrogen and oxygen atoms in total. The van der Waals surface area contributed by atoms with Gasteiger partial charge in [-0.05, 0) is 37.6 Å². The normalized spacial score (nSPS) is 15.5. The average molecular weight is 502 g/mol. The maximum atomic E-state index is 12.8. The van der Waals surface area contributed by atoms with Crippen molar-refractivity contribution in [1.82, 2.24) is 24.8 Å². The molecule has 3 heterocycles. The molecule has 1 fully saturated rings. The lowest BCUT2D eigenvalue weighted by molar-refractivity contribution is -0.117. The minimum absolute atomic E-state index is 0.0201. The van der Waals surface area contributed by atoms with Crippen molar-refractivity contribution < 1.29 is 4.79 Å². The number of para-hydroxylation sites is 2. The Morgan fingerprint density at radius 2 is 1.91 bits per heavy atom. The molecule has 2 N–H and O–H groups in total. The molecule has 2 aromatic heterocycles. The van der Waals surface area contributed by atoms with Crippen LogP contribution in [0.25, 0.3) is 11.0 Å². The lowest BCUT2D eigenvalue weighted by Gasteiger charge is -2.33. The summed E-state index contributed by atoms with van der Waals surface area (Å²) >= 11 is 4.84. The number of anilines is 1. The van der Waals surface area contributed by atoms with E-state index >= 15 is 0 Å². The van der Waals surface area contributed by atoms with Crippen molar-refractivity contribution in [3.05, 3.63) is 36.0 Å². The van der Waals surface area contributed by atoms with E-state index in [1.54, 1.807) is 34.9 Å². The van der Waals surface area contributed by atoms with E-state index in [0.717, 1.165) is 70.2 Å². The highest BCUT2D eigenvalue weighted by molar-refractivity contribution is 7.99. The van der Waals surface area contributed by atoms with E-state index in [1.807, 2.05) is 49.8 Å². The molecule has 0 atom stereocenters. The van der Waals surface area contributed by atoms with Crippen molar-refractivity contribution in [1.29, 1.82) is 0 Å². The molecule has 4 rings (SSSR count). The van der Waals surface area contributed by atoms with Crippen LogP contribution in [0.5, 0.6) is 0 Å². The Kier molecular flexibility index (Phi) is 8.37. The van der Waals surface area contributed by atoms with Gasteiger partial charge in [0.2, 0.25) is 5.91 Å². The van der Waals surface area contributed by atoms with Crippen molar-refractivity contribution in [2.24, 2.45) is 0 Å². The van der Waals surface area contributed by atoms with Crippen LogP contribution in [0, 0.1) is 6.92 Å². The molecular formula is C23H29N6OS3+. The Hall–Kier alpha value is -1.98. The number of hydrogen-bond acceptors (Lipinski definition) is 7. The van der Waals surface area contributed by atoms with Crippen molar-refractivity contribution in [3.8, 4) is 0 Å². The number of carbonyl (C=O) groups excluding carboxylic acids is 1. The standard InChI is InChI=1S/C23H28N6OS3/c1-16-14-19(31-2)21(22(24-16)32-3)27-20(30)15-29-10-8-28(9-11-29)12-13-33-23-25-17-6-4-5-7-18(17)26-23/h4-7,13-14H,8-12,15H2,1-3H3,(H-,25,26,27,30)/p+1. The number of carbonyl (C=O) groups is 1. The first-order valence-corrected chi connectivity index (χ1v) is 14.2. The summed E-state index contributed by atoms with van der Waals surface area (Å²) in [4.78, 5) is 31.0. The number of thioether (sulfide) groups is 2. The van der Waals surface area contributed by atoms with Gasteiger partial charge < -0.3 is 5.32 Å². The molecule has 1 amide bonds. The van der Waals surface area contributed by atoms with Crippen LogP contribution < -0.4 is 5.32 Å². The molecule has 174 valence electrons. The van der Waals surface area contributed by atoms with Gasteiger partial charge >= 0.3 is 5.16 Å². The number of aryl methyl sites for hydroxylation is 1. The van der Waals surface area contributed by atoms with Gasteiger partial charge in [-0.2, -0.15) is 4.98 Å². The zero-order valence-corrected chi connectivity index (χ0v) is 21.6. The molecule has 1 saturated heterocycles. The topological polar surface area (TPSA) is 77.2 Å². The number of fused-ring (bicyclic) bond motifs is 1. The largest absolute Gasteiger partial charge is 0.400 e. The molecule has 0 radical (unpaired) electrons. The lowest BCUT2D eigenvalue weighted by atomic mass is 10.3. The number of nitrogens with one attached hydrogen (secondary N) is 2. The second-order valence-corrected chi connectivity index (χ2v) is 10.4. The molecule has 10 heteroatoms. The van der Waals surface area contributed by atoms with Crippen LogP contribution in [-0.4, -0.2) is 87.8 Å². The van der Waals surface area contributed by atoms with Gasteiger partial charge in [-0.1, -0.05) is 12.1 Å². The van der Waals surface area contributed by atoms with Crippen molar-refractivity contribution in [2.75, 3.05) is 57.1 Å². The van der Waals surface area contributed by atoms with E-state index in [4.69, 9.17) is 0 Å². The number of aromatic nitrogens is 3. The molecule has 3 aromatic rings. The minimum Gasteiger partial charge on any atom is -0.322 e. The van der Waals surface area contributed by atoms with Crippen LogP contribution in [0.15, 0.2) is 45.4 Å². The first kappa shape index (κ1) is 24.2. The maximum absolute atomic E-state index is 12.8. The van der Waals surface area contributed by atoms with Crippen LogP contribution >= 0.6 is 23.5 Å². The maximum Gasteiger partial charge on any atom is 0.400 e. The average Bonchev–Trinajstić information content (AvgIpc) is 3.23. The van der Waals surface area contributed by atoms with E-state index in [2.05, 4.69) is 35.4 Å². The SMILES string of the molecule is CSc1cc(C)nc(SC)c1NC(=O)CN1CCN(CC=[S+]c2nc3ccccc3[nH]2)CC1. The van der Waals surface area contributed by atoms with Crippen LogP contribution in [0.4, 0.5) is 5.69 Å². The Balaban J connectivity index is 1.25. The number of amides is 1. The highest BCUT2D eigenvalue weighted by atomic mass is 32.2. The number of rotatable bonds is 8. The summed E-state index contributed by atoms with van der Waals surface area (Å²) in [6.45, 7) is 6.94. The van der Waals surface area contributed by atoms with Crippen LogP contribution in [0.3, 0.4) is 0 Å². The van der Waals surface area contributed by atoms with Gasteiger partial charge in [-0.15, -0.1) is 23.5 Å². The van der Waals surface area contributed by atoms with Gasteiger partial charge in [-0.3, -0.25) is 19.6 Å². The number of H-pyrrole nitrogens is 1. The van der Waals surface area contributed by atoms with Gasteiger partial charge in [0.25, 0.3) is 11.4 Å². The summed E-state index contributed by atoms with van der Waals surface area (Å²) < 4.78 is 0. The summed E-state index contributed by atoms with van der Waals surface area (Å²) in [6, 6.07) is 10.1. The Bertz CT molecular complexity index is 1080. The number of hydrogen-bond donors (Lipinski definition) is 2. The summed E-state index contributed by atoms with van der Waals surface area (Å²) in [5.41, 5.74) is 3.86. The molecule has 0 unspecified atom stereocenters. The predicted molar refractivity (Wildman–Crippen MR) is 142 cm³/mol. The third-order valence-corrected chi connectivity index (χ3v) is 7.66. The zero-order valence-electron chi connectivity index (χ0n) is 19.1. The number of imidazole rings is 1. The monoisotopic (exact) mass is 501 g/mol. The van der Waals surface area contributed by atoms with Gasteiger partial charge in [0, 0.05) is 36.8 Å². The number of pyridine rings is 1. The first-order valence-electron chi connectivity index (χ1n) is 10.8. The van der Waals surface area contributed by atoms with E-state index in [9.17, 15) is 4.79 Å². The first-order chi connectivity index (χ1) is 16.1. The molecule has 33 heavy (non-hydrogen) atoms. The molecule has 0 spiro atoms. The van der Waals surface area contributed by atoms with E-state index in [0.29, 0.717) is 6.54 Å². The van der Waals surface area contributed by atoms with Gasteiger partial charge in [0.1, 0.15) is 5.03 Å². The van der Waals surface area contributed by atoms with Gasteiger partial charge in [-0.25, -0.2) is 4.98 Å². The Morgan fingerprint density at radius 3 is 2.64 bits per heavy atom. The second kappa shape index (κ2) is 11.4. The Labute approximate surface area is 207 Å². The molecule has 1 aromatic carbocycles. The van der Waals surface area contributed by atoms with Crippen LogP contribution in [0.1, 0.15) is 5.69 Å². The number of nitrogens with zero attached hydrogens (tertiary/aromatic N) is 4. The summed E-state index contributed by atoms with van der Waals surface area (Å²) in [5.74, 6) is 0.0201. The van der Waals surface area contributed by atoms with Crippen molar-refractivity contribution in [2.45, 2.75) is 22.0 Å². The third-order valence-electron chi connectivity index (χ3n) is 5.48. The molecule has 1 aliphatic rings. The number of piperazine rings is 1. The molecule has 0 aliphatic carbocycles.